The molecule has 116 valence electrons. The van der Waals surface area contributed by atoms with E-state index in [9.17, 15) is 0 Å². The Kier molecular flexibility index (Phi) is 17.9. The van der Waals surface area contributed by atoms with Gasteiger partial charge in [-0.3, -0.25) is 0 Å². The molecule has 0 radical (unpaired) electrons. The number of allylic oxidation sites excluding steroid dienone is 2. The van der Waals surface area contributed by atoms with E-state index in [1.54, 1.807) is 0 Å². The summed E-state index contributed by atoms with van der Waals surface area (Å²) in [5.41, 5.74) is 2.83. The Morgan fingerprint density at radius 1 is 0.900 bits per heavy atom. The molecule has 0 N–H and O–H groups in total. The lowest BCUT2D eigenvalue weighted by atomic mass is 10.0. The Bertz CT molecular complexity index is 320. The van der Waals surface area contributed by atoms with E-state index in [1.165, 1.54) is 36.8 Å². The Morgan fingerprint density at radius 2 is 1.40 bits per heavy atom. The largest absolute Gasteiger partial charge is 0.0810 e. The minimum atomic E-state index is 1.12. The molecule has 1 aromatic rings. The van der Waals surface area contributed by atoms with Crippen LogP contribution in [0.25, 0.3) is 5.57 Å². The van der Waals surface area contributed by atoms with Crippen molar-refractivity contribution in [1.29, 1.82) is 0 Å². The Balaban J connectivity index is 0. The highest BCUT2D eigenvalue weighted by Crippen LogP contribution is 2.22. The fourth-order valence-electron chi connectivity index (χ4n) is 1.54. The van der Waals surface area contributed by atoms with Crippen molar-refractivity contribution in [2.45, 2.75) is 73.6 Å². The summed E-state index contributed by atoms with van der Waals surface area (Å²) < 4.78 is 1.15. The molecule has 0 spiro atoms. The molecule has 20 heavy (non-hydrogen) atoms. The summed E-state index contributed by atoms with van der Waals surface area (Å²) >= 11 is 3.45. The normalized spacial score (nSPS) is 10.1. The molecule has 0 aliphatic heterocycles. The van der Waals surface area contributed by atoms with Crippen molar-refractivity contribution >= 4 is 21.5 Å². The predicted octanol–water partition coefficient (Wildman–Crippen LogP) is 7.88. The maximum atomic E-state index is 3.45. The Labute approximate surface area is 135 Å². The van der Waals surface area contributed by atoms with Crippen molar-refractivity contribution in [2.75, 3.05) is 0 Å². The molecule has 0 aromatic heterocycles. The smallest absolute Gasteiger partial charge is 0.0175 e. The maximum Gasteiger partial charge on any atom is 0.0175 e. The number of hydrogen-bond acceptors (Lipinski definition) is 0. The quantitative estimate of drug-likeness (QED) is 0.511. The number of halogens is 1. The Morgan fingerprint density at radius 3 is 1.75 bits per heavy atom. The van der Waals surface area contributed by atoms with Crippen LogP contribution in [-0.4, -0.2) is 0 Å². The van der Waals surface area contributed by atoms with E-state index < -0.39 is 0 Å². The zero-order valence-corrected chi connectivity index (χ0v) is 15.9. The van der Waals surface area contributed by atoms with E-state index in [2.05, 4.69) is 74.0 Å². The highest BCUT2D eigenvalue weighted by atomic mass is 79.9. The summed E-state index contributed by atoms with van der Waals surface area (Å²) in [5.74, 6) is 0. The summed E-state index contributed by atoms with van der Waals surface area (Å²) in [5, 5.41) is 0. The molecule has 0 unspecified atom stereocenters. The van der Waals surface area contributed by atoms with Crippen LogP contribution >= 0.6 is 15.9 Å². The third-order valence-electron chi connectivity index (χ3n) is 2.68. The number of rotatable bonds is 5. The fraction of sp³-hybridized carbons (Fsp3) is 0.579. The van der Waals surface area contributed by atoms with Gasteiger partial charge in [0.05, 0.1) is 0 Å². The van der Waals surface area contributed by atoms with Gasteiger partial charge in [-0.25, -0.2) is 0 Å². The van der Waals surface area contributed by atoms with Gasteiger partial charge in [-0.1, -0.05) is 94.9 Å². The second kappa shape index (κ2) is 16.5. The topological polar surface area (TPSA) is 0 Å². The van der Waals surface area contributed by atoms with Crippen LogP contribution in [-0.2, 0) is 0 Å². The number of unbranched alkanes of at least 4 members (excludes halogenated alkanes) is 1. The van der Waals surface area contributed by atoms with E-state index in [1.807, 2.05) is 13.8 Å². The summed E-state index contributed by atoms with van der Waals surface area (Å²) in [6.07, 6.45) is 8.47. The van der Waals surface area contributed by atoms with Crippen molar-refractivity contribution in [1.82, 2.24) is 0 Å². The fourth-order valence-corrected chi connectivity index (χ4v) is 1.81. The third-order valence-corrected chi connectivity index (χ3v) is 3.21. The second-order valence-electron chi connectivity index (χ2n) is 4.39. The standard InChI is InChI=1S/C13H17Br.C4H10.C2H6/c1-3-5-11(6-4-2)12-7-9-13(14)10-8-12;1-3-4-2;1-2/h5,7-10H,3-4,6H2,1-2H3;3-4H2,1-2H3;1-2H3/b11-5+;;. The van der Waals surface area contributed by atoms with Gasteiger partial charge in [-0.05, 0) is 36.1 Å². The van der Waals surface area contributed by atoms with Crippen molar-refractivity contribution in [3.8, 4) is 0 Å². The molecule has 0 saturated heterocycles. The molecule has 1 heteroatoms. The number of benzene rings is 1. The monoisotopic (exact) mass is 340 g/mol. The van der Waals surface area contributed by atoms with Gasteiger partial charge in [-0.2, -0.15) is 0 Å². The van der Waals surface area contributed by atoms with Crippen molar-refractivity contribution in [3.63, 3.8) is 0 Å². The van der Waals surface area contributed by atoms with Crippen molar-refractivity contribution in [3.05, 3.63) is 40.4 Å². The van der Waals surface area contributed by atoms with Gasteiger partial charge in [0.25, 0.3) is 0 Å². The lowest BCUT2D eigenvalue weighted by molar-refractivity contribution is 0.886. The lowest BCUT2D eigenvalue weighted by Gasteiger charge is -2.06. The maximum absolute atomic E-state index is 3.45. The minimum absolute atomic E-state index is 1.12. The van der Waals surface area contributed by atoms with Gasteiger partial charge in [-0.15, -0.1) is 0 Å². The average molecular weight is 341 g/mol. The van der Waals surface area contributed by atoms with Crippen LogP contribution in [0.1, 0.15) is 79.2 Å². The molecule has 0 amide bonds. The molecule has 0 nitrogen and oxygen atoms in total. The van der Waals surface area contributed by atoms with E-state index in [4.69, 9.17) is 0 Å². The first-order valence-corrected chi connectivity index (χ1v) is 8.93. The van der Waals surface area contributed by atoms with Gasteiger partial charge in [0.2, 0.25) is 0 Å². The molecule has 0 aliphatic rings. The molecule has 1 aromatic carbocycles. The minimum Gasteiger partial charge on any atom is -0.0810 e. The molecule has 0 heterocycles. The van der Waals surface area contributed by atoms with E-state index in [0.717, 1.165) is 10.9 Å². The van der Waals surface area contributed by atoms with E-state index in [-0.39, 0.29) is 0 Å². The van der Waals surface area contributed by atoms with E-state index in [0.29, 0.717) is 0 Å². The first-order valence-electron chi connectivity index (χ1n) is 8.14. The SMILES string of the molecule is CC.CC/C=C(\CCC)c1ccc(Br)cc1.CCCC. The van der Waals surface area contributed by atoms with Gasteiger partial charge in [0, 0.05) is 4.47 Å². The van der Waals surface area contributed by atoms with Crippen LogP contribution in [0.15, 0.2) is 34.8 Å². The highest BCUT2D eigenvalue weighted by molar-refractivity contribution is 9.10. The molecular formula is C19H33Br. The van der Waals surface area contributed by atoms with E-state index >= 15 is 0 Å². The molecule has 0 fully saturated rings. The molecular weight excluding hydrogens is 308 g/mol. The van der Waals surface area contributed by atoms with Crippen LogP contribution < -0.4 is 0 Å². The Hall–Kier alpha value is -0.560. The molecule has 1 rings (SSSR count). The predicted molar refractivity (Wildman–Crippen MR) is 99.2 cm³/mol. The first kappa shape index (κ1) is 21.7. The molecule has 0 aliphatic carbocycles. The summed E-state index contributed by atoms with van der Waals surface area (Å²) in [4.78, 5) is 0. The van der Waals surface area contributed by atoms with Crippen LogP contribution in [0, 0.1) is 0 Å². The van der Waals surface area contributed by atoms with Crippen LogP contribution in [0.2, 0.25) is 0 Å². The molecule has 0 bridgehead atoms. The molecule has 0 atom stereocenters. The van der Waals surface area contributed by atoms with Crippen LogP contribution in [0.5, 0.6) is 0 Å². The summed E-state index contributed by atoms with van der Waals surface area (Å²) in [6, 6.07) is 8.57. The second-order valence-corrected chi connectivity index (χ2v) is 5.31. The zero-order chi connectivity index (χ0) is 15.8. The average Bonchev–Trinajstić information content (AvgIpc) is 2.50. The lowest BCUT2D eigenvalue weighted by Crippen LogP contribution is -1.84. The molecule has 0 saturated carbocycles. The van der Waals surface area contributed by atoms with Gasteiger partial charge in [0.1, 0.15) is 0 Å². The zero-order valence-electron chi connectivity index (χ0n) is 14.3. The highest BCUT2D eigenvalue weighted by Gasteiger charge is 1.99. The number of hydrogen-bond donors (Lipinski definition) is 0. The van der Waals surface area contributed by atoms with Crippen LogP contribution in [0.3, 0.4) is 0 Å². The van der Waals surface area contributed by atoms with Gasteiger partial charge in [0.15, 0.2) is 0 Å². The van der Waals surface area contributed by atoms with Crippen molar-refractivity contribution in [2.24, 2.45) is 0 Å². The van der Waals surface area contributed by atoms with Crippen molar-refractivity contribution < 1.29 is 0 Å². The van der Waals surface area contributed by atoms with Gasteiger partial charge < -0.3 is 0 Å². The van der Waals surface area contributed by atoms with Gasteiger partial charge >= 0.3 is 0 Å². The summed E-state index contributed by atoms with van der Waals surface area (Å²) in [6.45, 7) is 12.8. The third kappa shape index (κ3) is 11.3. The summed E-state index contributed by atoms with van der Waals surface area (Å²) in [7, 11) is 0. The van der Waals surface area contributed by atoms with Crippen LogP contribution in [0.4, 0.5) is 0 Å². The first-order chi connectivity index (χ1) is 9.69.